The Morgan fingerprint density at radius 2 is 2.28 bits per heavy atom. The summed E-state index contributed by atoms with van der Waals surface area (Å²) in [5.74, 6) is 0.397. The van der Waals surface area contributed by atoms with Crippen molar-refractivity contribution < 1.29 is 9.84 Å². The summed E-state index contributed by atoms with van der Waals surface area (Å²) >= 11 is 0. The van der Waals surface area contributed by atoms with E-state index in [9.17, 15) is 0 Å². The quantitative estimate of drug-likeness (QED) is 0.644. The van der Waals surface area contributed by atoms with Crippen molar-refractivity contribution in [2.75, 3.05) is 24.7 Å². The highest BCUT2D eigenvalue weighted by atomic mass is 16.5. The number of fused-ring (bicyclic) bond motifs is 1. The molecule has 0 radical (unpaired) electrons. The summed E-state index contributed by atoms with van der Waals surface area (Å²) in [6.45, 7) is 0.531. The Balaban J connectivity index is 2.03. The molecular weight excluding hydrogens is 236 g/mol. The lowest BCUT2D eigenvalue weighted by Gasteiger charge is -2.10. The van der Waals surface area contributed by atoms with Crippen molar-refractivity contribution in [3.8, 4) is 0 Å². The lowest BCUT2D eigenvalue weighted by molar-refractivity contribution is 0.0576. The third-order valence-electron chi connectivity index (χ3n) is 3.12. The summed E-state index contributed by atoms with van der Waals surface area (Å²) < 4.78 is 7.32. The molecule has 8 nitrogen and oxygen atoms in total. The molecule has 0 amide bonds. The summed E-state index contributed by atoms with van der Waals surface area (Å²) in [6.07, 6.45) is 2.23. The van der Waals surface area contributed by atoms with E-state index in [0.29, 0.717) is 24.2 Å². The molecule has 2 aromatic rings. The number of nitrogen functional groups attached to an aromatic ring is 2. The Bertz CT molecular complexity index is 583. The maximum atomic E-state index is 9.07. The number of aliphatic hydroxyl groups excluding tert-OH is 1. The number of rotatable bonds is 2. The van der Waals surface area contributed by atoms with Crippen LogP contribution in [-0.4, -0.2) is 43.9 Å². The van der Waals surface area contributed by atoms with E-state index in [1.54, 1.807) is 6.33 Å². The van der Waals surface area contributed by atoms with E-state index in [-0.39, 0.29) is 30.5 Å². The molecule has 2 atom stereocenters. The lowest BCUT2D eigenvalue weighted by atomic mass is 10.2. The monoisotopic (exact) mass is 250 g/mol. The van der Waals surface area contributed by atoms with Gasteiger partial charge >= 0.3 is 0 Å². The van der Waals surface area contributed by atoms with Gasteiger partial charge in [-0.05, 0) is 6.42 Å². The van der Waals surface area contributed by atoms with Crippen LogP contribution in [0.1, 0.15) is 12.5 Å². The van der Waals surface area contributed by atoms with Crippen LogP contribution in [0, 0.1) is 0 Å². The van der Waals surface area contributed by atoms with E-state index in [1.165, 1.54) is 0 Å². The number of aromatic nitrogens is 4. The van der Waals surface area contributed by atoms with Gasteiger partial charge in [-0.25, -0.2) is 4.98 Å². The zero-order chi connectivity index (χ0) is 12.7. The summed E-state index contributed by atoms with van der Waals surface area (Å²) in [5, 5.41) is 9.07. The number of hydrogen-bond acceptors (Lipinski definition) is 7. The average molecular weight is 250 g/mol. The Morgan fingerprint density at radius 3 is 3.00 bits per heavy atom. The van der Waals surface area contributed by atoms with E-state index < -0.39 is 0 Å². The second kappa shape index (κ2) is 4.07. The van der Waals surface area contributed by atoms with E-state index in [1.807, 2.05) is 4.57 Å². The Morgan fingerprint density at radius 1 is 1.44 bits per heavy atom. The zero-order valence-electron chi connectivity index (χ0n) is 9.65. The molecule has 0 bridgehead atoms. The molecule has 3 heterocycles. The summed E-state index contributed by atoms with van der Waals surface area (Å²) in [7, 11) is 0. The minimum absolute atomic E-state index is 0.0163. The normalized spacial score (nSPS) is 23.8. The second-order valence-corrected chi connectivity index (χ2v) is 4.32. The average Bonchev–Trinajstić information content (AvgIpc) is 2.93. The van der Waals surface area contributed by atoms with Gasteiger partial charge in [0, 0.05) is 0 Å². The minimum atomic E-state index is -0.135. The number of anilines is 2. The molecule has 3 rings (SSSR count). The molecule has 8 heteroatoms. The molecule has 96 valence electrons. The predicted molar refractivity (Wildman–Crippen MR) is 64.6 cm³/mol. The summed E-state index contributed by atoms with van der Waals surface area (Å²) in [6, 6.07) is 0.0841. The highest BCUT2D eigenvalue weighted by Gasteiger charge is 2.28. The van der Waals surface area contributed by atoms with Crippen LogP contribution in [0.2, 0.25) is 0 Å². The number of nitrogens with zero attached hydrogens (tertiary/aromatic N) is 4. The van der Waals surface area contributed by atoms with Gasteiger partial charge in [0.15, 0.2) is 11.5 Å². The zero-order valence-corrected chi connectivity index (χ0v) is 9.65. The third kappa shape index (κ3) is 1.66. The second-order valence-electron chi connectivity index (χ2n) is 4.32. The fourth-order valence-electron chi connectivity index (χ4n) is 2.23. The molecule has 0 aromatic carbocycles. The highest BCUT2D eigenvalue weighted by Crippen LogP contribution is 2.28. The molecule has 1 fully saturated rings. The largest absolute Gasteiger partial charge is 0.394 e. The van der Waals surface area contributed by atoms with Crippen molar-refractivity contribution in [1.29, 1.82) is 0 Å². The first kappa shape index (κ1) is 11.2. The first-order valence-electron chi connectivity index (χ1n) is 5.67. The van der Waals surface area contributed by atoms with E-state index in [0.717, 1.165) is 0 Å². The van der Waals surface area contributed by atoms with E-state index >= 15 is 0 Å². The fraction of sp³-hybridized carbons (Fsp3) is 0.500. The molecule has 1 saturated heterocycles. The van der Waals surface area contributed by atoms with Crippen molar-refractivity contribution >= 4 is 22.9 Å². The Hall–Kier alpha value is -1.93. The van der Waals surface area contributed by atoms with Crippen LogP contribution in [0.4, 0.5) is 11.8 Å². The molecule has 0 spiro atoms. The van der Waals surface area contributed by atoms with Crippen LogP contribution >= 0.6 is 0 Å². The number of nitrogens with two attached hydrogens (primary N) is 2. The van der Waals surface area contributed by atoms with Gasteiger partial charge < -0.3 is 25.9 Å². The molecule has 1 aliphatic heterocycles. The molecule has 5 N–H and O–H groups in total. The Kier molecular flexibility index (Phi) is 2.53. The third-order valence-corrected chi connectivity index (χ3v) is 3.12. The number of ether oxygens (including phenoxy) is 1. The highest BCUT2D eigenvalue weighted by molar-refractivity contribution is 5.82. The van der Waals surface area contributed by atoms with Gasteiger partial charge in [0.2, 0.25) is 5.95 Å². The minimum Gasteiger partial charge on any atom is -0.394 e. The van der Waals surface area contributed by atoms with Gasteiger partial charge in [0.05, 0.1) is 31.7 Å². The van der Waals surface area contributed by atoms with Gasteiger partial charge in [-0.3, -0.25) is 0 Å². The topological polar surface area (TPSA) is 125 Å². The number of hydrogen-bond donors (Lipinski definition) is 3. The Labute approximate surface area is 103 Å². The first-order chi connectivity index (χ1) is 8.69. The maximum Gasteiger partial charge on any atom is 0.224 e. The van der Waals surface area contributed by atoms with Crippen LogP contribution < -0.4 is 11.5 Å². The van der Waals surface area contributed by atoms with Crippen LogP contribution in [-0.2, 0) is 4.74 Å². The van der Waals surface area contributed by atoms with Crippen molar-refractivity contribution in [2.24, 2.45) is 0 Å². The van der Waals surface area contributed by atoms with Gasteiger partial charge in [-0.1, -0.05) is 0 Å². The van der Waals surface area contributed by atoms with Gasteiger partial charge in [-0.2, -0.15) is 9.97 Å². The van der Waals surface area contributed by atoms with Crippen LogP contribution in [0.15, 0.2) is 6.33 Å². The van der Waals surface area contributed by atoms with Crippen molar-refractivity contribution in [3.05, 3.63) is 6.33 Å². The van der Waals surface area contributed by atoms with Crippen molar-refractivity contribution in [1.82, 2.24) is 19.5 Å². The number of aliphatic hydroxyl groups is 1. The van der Waals surface area contributed by atoms with E-state index in [2.05, 4.69) is 15.0 Å². The fourth-order valence-corrected chi connectivity index (χ4v) is 2.23. The molecule has 1 aliphatic rings. The van der Waals surface area contributed by atoms with Crippen LogP contribution in [0.3, 0.4) is 0 Å². The molecular formula is C10H14N6O2. The predicted octanol–water partition coefficient (Wildman–Crippen LogP) is -0.687. The SMILES string of the molecule is Nc1nc(N)c2ncn(C3COC(CO)C3)c2n1. The lowest BCUT2D eigenvalue weighted by Crippen LogP contribution is -2.12. The first-order valence-corrected chi connectivity index (χ1v) is 5.67. The van der Waals surface area contributed by atoms with Crippen LogP contribution in [0.5, 0.6) is 0 Å². The number of imidazole rings is 1. The van der Waals surface area contributed by atoms with Gasteiger partial charge in [0.25, 0.3) is 0 Å². The van der Waals surface area contributed by atoms with Crippen LogP contribution in [0.25, 0.3) is 11.2 Å². The van der Waals surface area contributed by atoms with E-state index in [4.69, 9.17) is 21.3 Å². The van der Waals surface area contributed by atoms with Crippen molar-refractivity contribution in [2.45, 2.75) is 18.6 Å². The van der Waals surface area contributed by atoms with Crippen molar-refractivity contribution in [3.63, 3.8) is 0 Å². The maximum absolute atomic E-state index is 9.07. The molecule has 2 unspecified atom stereocenters. The summed E-state index contributed by atoms with van der Waals surface area (Å²) in [4.78, 5) is 12.2. The standard InChI is InChI=1S/C10H14N6O2/c11-8-7-9(15-10(12)14-8)16(4-13-7)5-1-6(2-17)18-3-5/h4-6,17H,1-3H2,(H4,11,12,14,15). The summed E-state index contributed by atoms with van der Waals surface area (Å²) in [5.41, 5.74) is 12.5. The van der Waals surface area contributed by atoms with Gasteiger partial charge in [0.1, 0.15) is 5.52 Å². The molecule has 0 saturated carbocycles. The molecule has 2 aromatic heterocycles. The van der Waals surface area contributed by atoms with Gasteiger partial charge in [-0.15, -0.1) is 0 Å². The molecule has 0 aliphatic carbocycles. The smallest absolute Gasteiger partial charge is 0.224 e. The molecule has 18 heavy (non-hydrogen) atoms.